The number of ether oxygens (including phenoxy) is 1. The fourth-order valence-electron chi connectivity index (χ4n) is 2.38. The fourth-order valence-corrected chi connectivity index (χ4v) is 3.05. The number of hydrogen-bond acceptors (Lipinski definition) is 5. The van der Waals surface area contributed by atoms with E-state index >= 15 is 0 Å². The molecule has 0 aliphatic carbocycles. The van der Waals surface area contributed by atoms with E-state index in [2.05, 4.69) is 29.4 Å². The van der Waals surface area contributed by atoms with E-state index in [0.717, 1.165) is 17.7 Å². The van der Waals surface area contributed by atoms with Gasteiger partial charge in [0.1, 0.15) is 11.6 Å². The van der Waals surface area contributed by atoms with Gasteiger partial charge in [0.15, 0.2) is 0 Å². The van der Waals surface area contributed by atoms with Gasteiger partial charge in [-0.2, -0.15) is 5.10 Å². The molecule has 1 aromatic heterocycles. The molecule has 0 fully saturated rings. The topological polar surface area (TPSA) is 46.5 Å². The van der Waals surface area contributed by atoms with Crippen LogP contribution in [0.5, 0.6) is 5.75 Å². The molecule has 4 nitrogen and oxygen atoms in total. The van der Waals surface area contributed by atoms with Crippen molar-refractivity contribution >= 4 is 22.7 Å². The van der Waals surface area contributed by atoms with Gasteiger partial charge in [0.2, 0.25) is 5.13 Å². The van der Waals surface area contributed by atoms with Crippen LogP contribution in [0.2, 0.25) is 0 Å². The number of rotatable bonds is 8. The number of nitrogens with one attached hydrogen (secondary N) is 1. The van der Waals surface area contributed by atoms with Crippen molar-refractivity contribution in [1.29, 1.82) is 0 Å². The number of thiazole rings is 1. The van der Waals surface area contributed by atoms with Gasteiger partial charge >= 0.3 is 0 Å². The minimum absolute atomic E-state index is 0.348. The van der Waals surface area contributed by atoms with Crippen LogP contribution >= 0.6 is 11.3 Å². The van der Waals surface area contributed by atoms with Crippen LogP contribution in [0.15, 0.2) is 59.0 Å². The Labute approximate surface area is 162 Å². The molecule has 0 amide bonds. The van der Waals surface area contributed by atoms with Crippen molar-refractivity contribution in [3.63, 3.8) is 0 Å². The maximum absolute atomic E-state index is 13.8. The Morgan fingerprint density at radius 1 is 1.22 bits per heavy atom. The molecule has 27 heavy (non-hydrogen) atoms. The minimum Gasteiger partial charge on any atom is -0.493 e. The van der Waals surface area contributed by atoms with E-state index in [1.165, 1.54) is 23.5 Å². The first-order valence-electron chi connectivity index (χ1n) is 8.83. The molecular formula is C21H22FN3OS. The van der Waals surface area contributed by atoms with Gasteiger partial charge in [-0.1, -0.05) is 44.2 Å². The first-order valence-corrected chi connectivity index (χ1v) is 9.71. The average molecular weight is 383 g/mol. The van der Waals surface area contributed by atoms with Gasteiger partial charge in [-0.05, 0) is 24.5 Å². The Balaban J connectivity index is 1.61. The summed E-state index contributed by atoms with van der Waals surface area (Å²) in [6.07, 6.45) is 2.48. The standard InChI is InChI=1S/C21H22FN3OS/c1-15(2)8-9-26-19-11-16(10-18(22)12-19)13-23-25-21-24-20(14-27-21)17-6-4-3-5-7-17/h3-7,10-15H,8-9H2,1-2H3,(H,24,25). The lowest BCUT2D eigenvalue weighted by Gasteiger charge is -2.08. The second-order valence-corrected chi connectivity index (χ2v) is 7.38. The summed E-state index contributed by atoms with van der Waals surface area (Å²) < 4.78 is 19.4. The van der Waals surface area contributed by atoms with Gasteiger partial charge < -0.3 is 4.74 Å². The third kappa shape index (κ3) is 5.89. The van der Waals surface area contributed by atoms with Crippen LogP contribution in [0.4, 0.5) is 9.52 Å². The molecule has 0 aliphatic heterocycles. The first-order chi connectivity index (χ1) is 13.1. The SMILES string of the molecule is CC(C)CCOc1cc(F)cc(C=NNc2nc(-c3ccccc3)cs2)c1. The molecule has 0 saturated heterocycles. The molecule has 0 atom stereocenters. The number of anilines is 1. The maximum atomic E-state index is 13.8. The molecule has 0 bridgehead atoms. The summed E-state index contributed by atoms with van der Waals surface area (Å²) >= 11 is 1.46. The monoisotopic (exact) mass is 383 g/mol. The molecule has 0 spiro atoms. The lowest BCUT2D eigenvalue weighted by molar-refractivity contribution is 0.288. The summed E-state index contributed by atoms with van der Waals surface area (Å²) in [6.45, 7) is 4.82. The second kappa shape index (κ2) is 9.28. The van der Waals surface area contributed by atoms with Crippen LogP contribution in [0.3, 0.4) is 0 Å². The molecule has 6 heteroatoms. The van der Waals surface area contributed by atoms with Gasteiger partial charge in [0.05, 0.1) is 18.5 Å². The molecule has 3 rings (SSSR count). The van der Waals surface area contributed by atoms with Crippen LogP contribution in [-0.2, 0) is 0 Å². The van der Waals surface area contributed by atoms with Gasteiger partial charge in [-0.25, -0.2) is 9.37 Å². The summed E-state index contributed by atoms with van der Waals surface area (Å²) in [5.41, 5.74) is 5.47. The van der Waals surface area contributed by atoms with E-state index in [4.69, 9.17) is 4.74 Å². The van der Waals surface area contributed by atoms with E-state index in [1.54, 1.807) is 12.3 Å². The summed E-state index contributed by atoms with van der Waals surface area (Å²) in [7, 11) is 0. The zero-order valence-electron chi connectivity index (χ0n) is 15.4. The van der Waals surface area contributed by atoms with Crippen LogP contribution in [0.1, 0.15) is 25.8 Å². The second-order valence-electron chi connectivity index (χ2n) is 6.53. The Morgan fingerprint density at radius 3 is 2.81 bits per heavy atom. The molecule has 2 aromatic carbocycles. The quantitative estimate of drug-likeness (QED) is 0.394. The molecule has 0 aliphatic rings. The number of aromatic nitrogens is 1. The van der Waals surface area contributed by atoms with Crippen molar-refractivity contribution in [2.75, 3.05) is 12.0 Å². The normalized spacial score (nSPS) is 11.3. The summed E-state index contributed by atoms with van der Waals surface area (Å²) in [4.78, 5) is 4.50. The number of benzene rings is 2. The lowest BCUT2D eigenvalue weighted by Crippen LogP contribution is -2.02. The van der Waals surface area contributed by atoms with E-state index < -0.39 is 0 Å². The third-order valence-electron chi connectivity index (χ3n) is 3.81. The highest BCUT2D eigenvalue weighted by molar-refractivity contribution is 7.14. The maximum Gasteiger partial charge on any atom is 0.203 e. The Kier molecular flexibility index (Phi) is 6.54. The highest BCUT2D eigenvalue weighted by Crippen LogP contribution is 2.24. The molecular weight excluding hydrogens is 361 g/mol. The smallest absolute Gasteiger partial charge is 0.203 e. The van der Waals surface area contributed by atoms with Crippen LogP contribution in [0.25, 0.3) is 11.3 Å². The van der Waals surface area contributed by atoms with E-state index in [0.29, 0.717) is 29.0 Å². The van der Waals surface area contributed by atoms with Gasteiger partial charge in [0, 0.05) is 22.6 Å². The van der Waals surface area contributed by atoms with Gasteiger partial charge in [-0.15, -0.1) is 11.3 Å². The van der Waals surface area contributed by atoms with E-state index in [1.807, 2.05) is 35.7 Å². The molecule has 1 heterocycles. The summed E-state index contributed by atoms with van der Waals surface area (Å²) in [5.74, 6) is 0.708. The average Bonchev–Trinajstić information content (AvgIpc) is 3.11. The molecule has 0 saturated carbocycles. The minimum atomic E-state index is -0.348. The summed E-state index contributed by atoms with van der Waals surface area (Å²) in [5, 5.41) is 6.80. The highest BCUT2D eigenvalue weighted by atomic mass is 32.1. The van der Waals surface area contributed by atoms with Crippen molar-refractivity contribution in [3.8, 4) is 17.0 Å². The van der Waals surface area contributed by atoms with Crippen LogP contribution in [0, 0.1) is 11.7 Å². The number of halogens is 1. The number of nitrogens with zero attached hydrogens (tertiary/aromatic N) is 2. The van der Waals surface area contributed by atoms with E-state index in [-0.39, 0.29) is 5.82 Å². The molecule has 0 unspecified atom stereocenters. The number of hydrazone groups is 1. The number of hydrogen-bond donors (Lipinski definition) is 1. The molecule has 0 radical (unpaired) electrons. The highest BCUT2D eigenvalue weighted by Gasteiger charge is 2.04. The Hall–Kier alpha value is -2.73. The first kappa shape index (κ1) is 19.0. The molecule has 1 N–H and O–H groups in total. The van der Waals surface area contributed by atoms with Crippen molar-refractivity contribution in [1.82, 2.24) is 4.98 Å². The van der Waals surface area contributed by atoms with E-state index in [9.17, 15) is 4.39 Å². The Bertz CT molecular complexity index is 893. The van der Waals surface area contributed by atoms with Gasteiger partial charge in [-0.3, -0.25) is 5.43 Å². The van der Waals surface area contributed by atoms with Crippen molar-refractivity contribution < 1.29 is 9.13 Å². The van der Waals surface area contributed by atoms with Gasteiger partial charge in [0.25, 0.3) is 0 Å². The van der Waals surface area contributed by atoms with Crippen LogP contribution in [-0.4, -0.2) is 17.8 Å². The zero-order valence-corrected chi connectivity index (χ0v) is 16.2. The third-order valence-corrected chi connectivity index (χ3v) is 4.55. The van der Waals surface area contributed by atoms with Crippen molar-refractivity contribution in [3.05, 3.63) is 65.3 Å². The predicted octanol–water partition coefficient (Wildman–Crippen LogP) is 5.82. The molecule has 3 aromatic rings. The predicted molar refractivity (Wildman–Crippen MR) is 110 cm³/mol. The largest absolute Gasteiger partial charge is 0.493 e. The van der Waals surface area contributed by atoms with Crippen molar-refractivity contribution in [2.24, 2.45) is 11.0 Å². The fraction of sp³-hybridized carbons (Fsp3) is 0.238. The molecule has 140 valence electrons. The lowest BCUT2D eigenvalue weighted by atomic mass is 10.1. The summed E-state index contributed by atoms with van der Waals surface area (Å²) in [6, 6.07) is 14.5. The van der Waals surface area contributed by atoms with Crippen LogP contribution < -0.4 is 10.2 Å². The van der Waals surface area contributed by atoms with Crippen molar-refractivity contribution in [2.45, 2.75) is 20.3 Å². The Morgan fingerprint density at radius 2 is 2.04 bits per heavy atom. The zero-order chi connectivity index (χ0) is 19.1.